The highest BCUT2D eigenvalue weighted by Crippen LogP contribution is 2.33. The summed E-state index contributed by atoms with van der Waals surface area (Å²) in [6.07, 6.45) is 1.03. The molecule has 0 saturated heterocycles. The summed E-state index contributed by atoms with van der Waals surface area (Å²) < 4.78 is 7.65. The number of aromatic nitrogens is 4. The highest BCUT2D eigenvalue weighted by atomic mass is 16.5. The molecule has 1 aliphatic heterocycles. The number of nitrogen functional groups attached to an aromatic ring is 1. The normalized spacial score (nSPS) is 16.7. The molecule has 33 heavy (non-hydrogen) atoms. The van der Waals surface area contributed by atoms with E-state index in [9.17, 15) is 10.1 Å². The van der Waals surface area contributed by atoms with Gasteiger partial charge in [0.05, 0.1) is 29.7 Å². The van der Waals surface area contributed by atoms with Gasteiger partial charge in [-0.15, -0.1) is 0 Å². The van der Waals surface area contributed by atoms with Crippen molar-refractivity contribution < 1.29 is 9.53 Å². The number of hydrogen-bond donors (Lipinski definition) is 1. The first-order valence-corrected chi connectivity index (χ1v) is 10.4. The molecular weight excluding hydrogens is 420 g/mol. The number of carbonyl (C=O) groups excluding carboxylic acids is 1. The molecule has 4 rings (SSSR count). The molecule has 0 unspecified atom stereocenters. The second-order valence-corrected chi connectivity index (χ2v) is 8.01. The van der Waals surface area contributed by atoms with E-state index >= 15 is 0 Å². The van der Waals surface area contributed by atoms with E-state index in [-0.39, 0.29) is 24.1 Å². The van der Waals surface area contributed by atoms with Gasteiger partial charge < -0.3 is 15.4 Å². The molecule has 1 atom stereocenters. The summed E-state index contributed by atoms with van der Waals surface area (Å²) in [5, 5.41) is 14.3. The average Bonchev–Trinajstić information content (AvgIpc) is 3.07. The predicted octanol–water partition coefficient (Wildman–Crippen LogP) is 2.52. The van der Waals surface area contributed by atoms with Gasteiger partial charge in [-0.3, -0.25) is 9.48 Å². The molecule has 1 amide bonds. The summed E-state index contributed by atoms with van der Waals surface area (Å²) >= 11 is 0. The van der Waals surface area contributed by atoms with E-state index in [1.807, 2.05) is 44.0 Å². The molecule has 3 heterocycles. The number of benzene rings is 1. The van der Waals surface area contributed by atoms with Crippen LogP contribution in [0.25, 0.3) is 11.3 Å². The zero-order valence-electron chi connectivity index (χ0n) is 19.1. The highest BCUT2D eigenvalue weighted by molar-refractivity contribution is 6.05. The van der Waals surface area contributed by atoms with Crippen LogP contribution in [0.5, 0.6) is 5.88 Å². The van der Waals surface area contributed by atoms with Gasteiger partial charge in [0.25, 0.3) is 5.88 Å². The first-order valence-electron chi connectivity index (χ1n) is 10.4. The molecule has 2 aromatic heterocycles. The van der Waals surface area contributed by atoms with Crippen molar-refractivity contribution in [1.29, 1.82) is 5.26 Å². The van der Waals surface area contributed by atoms with Crippen LogP contribution in [0.1, 0.15) is 48.0 Å². The third kappa shape index (κ3) is 4.01. The van der Waals surface area contributed by atoms with Crippen molar-refractivity contribution in [3.05, 3.63) is 52.5 Å². The van der Waals surface area contributed by atoms with E-state index in [0.717, 1.165) is 16.7 Å². The number of ether oxygens (including phenoxy) is 1. The van der Waals surface area contributed by atoms with E-state index < -0.39 is 6.10 Å². The zero-order chi connectivity index (χ0) is 23.9. The summed E-state index contributed by atoms with van der Waals surface area (Å²) in [7, 11) is 3.52. The molecule has 0 spiro atoms. The van der Waals surface area contributed by atoms with Crippen molar-refractivity contribution in [2.24, 2.45) is 12.0 Å². The molecule has 2 N–H and O–H groups in total. The lowest BCUT2D eigenvalue weighted by Gasteiger charge is -2.26. The van der Waals surface area contributed by atoms with Crippen LogP contribution >= 0.6 is 0 Å². The molecule has 0 fully saturated rings. The SMILES string of the molecule is CC(=O)N=C1c2ccc(C)cc2[C@@H](C)Oc2nc(cnc2N)-c2c(nn(C)c2C#N)CN1C. The number of aliphatic imine (C=N–C) groups is 1. The first kappa shape index (κ1) is 22.0. The number of rotatable bonds is 0. The number of nitriles is 1. The molecule has 1 aromatic carbocycles. The Morgan fingerprint density at radius 1 is 1.36 bits per heavy atom. The largest absolute Gasteiger partial charge is 0.467 e. The van der Waals surface area contributed by atoms with Gasteiger partial charge in [0.1, 0.15) is 23.7 Å². The van der Waals surface area contributed by atoms with Crippen molar-refractivity contribution in [2.75, 3.05) is 12.8 Å². The van der Waals surface area contributed by atoms with E-state index in [1.165, 1.54) is 17.8 Å². The Balaban J connectivity index is 2.03. The number of anilines is 1. The molecule has 0 radical (unpaired) electrons. The lowest BCUT2D eigenvalue weighted by atomic mass is 9.98. The molecule has 2 bridgehead atoms. The second-order valence-electron chi connectivity index (χ2n) is 8.01. The molecule has 0 saturated carbocycles. The standard InChI is InChI=1S/C23H24N8O2/c1-12-6-7-15-16(8-12)13(2)33-23-21(25)26-10-17(28-23)20-18(29-31(5)19(20)9-24)11-30(4)22(15)27-14(3)32/h6-8,10,13H,11H2,1-5H3,(H2,25,26)/t13-/m1/s1. The smallest absolute Gasteiger partial charge is 0.258 e. The van der Waals surface area contributed by atoms with Gasteiger partial charge in [0, 0.05) is 32.1 Å². The Hall–Kier alpha value is -4.26. The summed E-state index contributed by atoms with van der Waals surface area (Å²) in [4.78, 5) is 27.1. The Morgan fingerprint density at radius 2 is 2.12 bits per heavy atom. The van der Waals surface area contributed by atoms with Gasteiger partial charge in [-0.25, -0.2) is 9.97 Å². The van der Waals surface area contributed by atoms with Gasteiger partial charge in [-0.2, -0.15) is 15.4 Å². The fourth-order valence-electron chi connectivity index (χ4n) is 3.93. The average molecular weight is 444 g/mol. The minimum absolute atomic E-state index is 0.135. The number of carbonyl (C=O) groups is 1. The fraction of sp³-hybridized carbons (Fsp3) is 0.304. The Labute approximate surface area is 191 Å². The van der Waals surface area contributed by atoms with Gasteiger partial charge >= 0.3 is 0 Å². The molecule has 0 aliphatic carbocycles. The van der Waals surface area contributed by atoms with Crippen molar-refractivity contribution in [1.82, 2.24) is 24.6 Å². The van der Waals surface area contributed by atoms with Gasteiger partial charge in [-0.05, 0) is 13.8 Å². The van der Waals surface area contributed by atoms with Crippen LogP contribution in [-0.4, -0.2) is 43.4 Å². The second kappa shape index (κ2) is 8.35. The molecule has 10 nitrogen and oxygen atoms in total. The number of fused-ring (bicyclic) bond motifs is 5. The van der Waals surface area contributed by atoms with E-state index in [1.54, 1.807) is 7.05 Å². The highest BCUT2D eigenvalue weighted by Gasteiger charge is 2.27. The minimum atomic E-state index is -0.472. The maximum Gasteiger partial charge on any atom is 0.258 e. The van der Waals surface area contributed by atoms with Crippen molar-refractivity contribution in [3.63, 3.8) is 0 Å². The molecule has 10 heteroatoms. The van der Waals surface area contributed by atoms with E-state index in [0.29, 0.717) is 28.5 Å². The Morgan fingerprint density at radius 3 is 2.82 bits per heavy atom. The van der Waals surface area contributed by atoms with E-state index in [2.05, 4.69) is 26.1 Å². The lowest BCUT2D eigenvalue weighted by molar-refractivity contribution is -0.115. The fourth-order valence-corrected chi connectivity index (χ4v) is 3.93. The third-order valence-corrected chi connectivity index (χ3v) is 5.43. The predicted molar refractivity (Wildman–Crippen MR) is 122 cm³/mol. The quantitative estimate of drug-likeness (QED) is 0.559. The van der Waals surface area contributed by atoms with E-state index in [4.69, 9.17) is 10.5 Å². The maximum atomic E-state index is 12.1. The summed E-state index contributed by atoms with van der Waals surface area (Å²) in [5.41, 5.74) is 10.5. The van der Waals surface area contributed by atoms with Crippen LogP contribution in [0, 0.1) is 18.3 Å². The first-order chi connectivity index (χ1) is 15.7. The van der Waals surface area contributed by atoms with Crippen LogP contribution in [0.4, 0.5) is 5.82 Å². The maximum absolute atomic E-state index is 12.1. The number of nitrogens with two attached hydrogens (primary N) is 1. The van der Waals surface area contributed by atoms with Crippen molar-refractivity contribution >= 4 is 17.6 Å². The number of nitrogens with zero attached hydrogens (tertiary/aromatic N) is 7. The third-order valence-electron chi connectivity index (χ3n) is 5.43. The topological polar surface area (TPSA) is 135 Å². The Bertz CT molecular complexity index is 1330. The molecule has 168 valence electrons. The van der Waals surface area contributed by atoms with Crippen LogP contribution in [-0.2, 0) is 18.4 Å². The number of amidine groups is 1. The van der Waals surface area contributed by atoms with Crippen LogP contribution < -0.4 is 10.5 Å². The summed E-state index contributed by atoms with van der Waals surface area (Å²) in [6, 6.07) is 8.05. The monoisotopic (exact) mass is 444 g/mol. The van der Waals surface area contributed by atoms with Crippen LogP contribution in [0.2, 0.25) is 0 Å². The van der Waals surface area contributed by atoms with Gasteiger partial charge in [0.2, 0.25) is 5.91 Å². The van der Waals surface area contributed by atoms with Crippen LogP contribution in [0.15, 0.2) is 29.4 Å². The Kier molecular flexibility index (Phi) is 5.55. The summed E-state index contributed by atoms with van der Waals surface area (Å²) in [6.45, 7) is 5.54. The number of hydrogen-bond acceptors (Lipinski definition) is 7. The molecule has 1 aliphatic rings. The van der Waals surface area contributed by atoms with Crippen LogP contribution in [0.3, 0.4) is 0 Å². The van der Waals surface area contributed by atoms with Gasteiger partial charge in [0.15, 0.2) is 5.82 Å². The molecular formula is C23H24N8O2. The number of amides is 1. The van der Waals surface area contributed by atoms with Crippen molar-refractivity contribution in [3.8, 4) is 23.2 Å². The minimum Gasteiger partial charge on any atom is -0.467 e. The lowest BCUT2D eigenvalue weighted by Crippen LogP contribution is -2.30. The van der Waals surface area contributed by atoms with Gasteiger partial charge in [-0.1, -0.05) is 23.8 Å². The zero-order valence-corrected chi connectivity index (χ0v) is 19.1. The number of aryl methyl sites for hydroxylation is 2. The molecule has 3 aromatic rings. The summed E-state index contributed by atoms with van der Waals surface area (Å²) in [5.74, 6) is 0.440. The van der Waals surface area contributed by atoms with Crippen molar-refractivity contribution in [2.45, 2.75) is 33.4 Å².